The van der Waals surface area contributed by atoms with Crippen LogP contribution in [0, 0.1) is 13.8 Å². The van der Waals surface area contributed by atoms with Crippen LogP contribution in [-0.2, 0) is 4.79 Å². The highest BCUT2D eigenvalue weighted by atomic mass is 19.4. The first-order chi connectivity index (χ1) is 11.7. The molecule has 1 atom stereocenters. The van der Waals surface area contributed by atoms with Gasteiger partial charge in [-0.2, -0.15) is 0 Å². The van der Waals surface area contributed by atoms with Crippen LogP contribution in [-0.4, -0.2) is 18.4 Å². The summed E-state index contributed by atoms with van der Waals surface area (Å²) in [7, 11) is 0. The number of halogens is 3. The van der Waals surface area contributed by atoms with Crippen LogP contribution in [0.4, 0.5) is 18.9 Å². The minimum absolute atomic E-state index is 0.343. The van der Waals surface area contributed by atoms with Crippen molar-refractivity contribution in [3.05, 3.63) is 53.6 Å². The first-order valence-corrected chi connectivity index (χ1v) is 7.55. The molecule has 0 radical (unpaired) electrons. The number of amides is 1. The van der Waals surface area contributed by atoms with E-state index in [0.717, 1.165) is 23.3 Å². The number of alkyl halides is 3. The largest absolute Gasteiger partial charge is 0.573 e. The van der Waals surface area contributed by atoms with Gasteiger partial charge in [0.05, 0.1) is 0 Å². The Labute approximate surface area is 143 Å². The SMILES string of the molecule is Cc1cccc(OC(C)C(=O)Nc2ccc(OC(F)(F)F)cc2)c1C. The maximum Gasteiger partial charge on any atom is 0.573 e. The van der Waals surface area contributed by atoms with Gasteiger partial charge in [-0.3, -0.25) is 4.79 Å². The van der Waals surface area contributed by atoms with Gasteiger partial charge in [0, 0.05) is 5.69 Å². The third-order valence-corrected chi connectivity index (χ3v) is 3.58. The second kappa shape index (κ2) is 7.46. The van der Waals surface area contributed by atoms with Gasteiger partial charge in [0.25, 0.3) is 5.91 Å². The summed E-state index contributed by atoms with van der Waals surface area (Å²) in [6, 6.07) is 10.4. The van der Waals surface area contributed by atoms with Crippen molar-refractivity contribution < 1.29 is 27.4 Å². The minimum Gasteiger partial charge on any atom is -0.481 e. The molecule has 2 aromatic carbocycles. The van der Waals surface area contributed by atoms with Gasteiger partial charge in [-0.25, -0.2) is 0 Å². The molecule has 0 heterocycles. The van der Waals surface area contributed by atoms with Crippen molar-refractivity contribution in [2.24, 2.45) is 0 Å². The van der Waals surface area contributed by atoms with Crippen LogP contribution in [0.2, 0.25) is 0 Å². The van der Waals surface area contributed by atoms with E-state index >= 15 is 0 Å². The first-order valence-electron chi connectivity index (χ1n) is 7.55. The third-order valence-electron chi connectivity index (χ3n) is 3.58. The number of nitrogens with one attached hydrogen (secondary N) is 1. The summed E-state index contributed by atoms with van der Waals surface area (Å²) >= 11 is 0. The number of rotatable bonds is 5. The second-order valence-electron chi connectivity index (χ2n) is 5.52. The lowest BCUT2D eigenvalue weighted by molar-refractivity contribution is -0.274. The molecule has 0 aliphatic carbocycles. The summed E-state index contributed by atoms with van der Waals surface area (Å²) in [5, 5.41) is 2.59. The van der Waals surface area contributed by atoms with Crippen molar-refractivity contribution in [1.82, 2.24) is 0 Å². The van der Waals surface area contributed by atoms with Crippen molar-refractivity contribution >= 4 is 11.6 Å². The zero-order chi connectivity index (χ0) is 18.6. The molecular formula is C18H18F3NO3. The Morgan fingerprint density at radius 3 is 2.32 bits per heavy atom. The molecule has 0 spiro atoms. The van der Waals surface area contributed by atoms with Crippen molar-refractivity contribution in [2.45, 2.75) is 33.2 Å². The lowest BCUT2D eigenvalue weighted by Gasteiger charge is -2.17. The fourth-order valence-corrected chi connectivity index (χ4v) is 2.08. The van der Waals surface area contributed by atoms with E-state index in [4.69, 9.17) is 4.74 Å². The minimum atomic E-state index is -4.75. The summed E-state index contributed by atoms with van der Waals surface area (Å²) < 4.78 is 45.8. The number of anilines is 1. The highest BCUT2D eigenvalue weighted by Crippen LogP contribution is 2.25. The number of carbonyl (C=O) groups excluding carboxylic acids is 1. The normalized spacial score (nSPS) is 12.4. The van der Waals surface area contributed by atoms with Crippen LogP contribution in [0.3, 0.4) is 0 Å². The van der Waals surface area contributed by atoms with Gasteiger partial charge in [-0.05, 0) is 62.2 Å². The second-order valence-corrected chi connectivity index (χ2v) is 5.52. The lowest BCUT2D eigenvalue weighted by Crippen LogP contribution is -2.30. The van der Waals surface area contributed by atoms with Gasteiger partial charge in [-0.15, -0.1) is 13.2 Å². The number of benzene rings is 2. The number of carbonyl (C=O) groups is 1. The summed E-state index contributed by atoms with van der Waals surface area (Å²) in [6.45, 7) is 5.43. The molecule has 0 saturated heterocycles. The highest BCUT2D eigenvalue weighted by Gasteiger charge is 2.31. The molecule has 1 N–H and O–H groups in total. The zero-order valence-electron chi connectivity index (χ0n) is 14.0. The monoisotopic (exact) mass is 353 g/mol. The van der Waals surface area contributed by atoms with Gasteiger partial charge in [0.15, 0.2) is 6.10 Å². The molecule has 2 aromatic rings. The van der Waals surface area contributed by atoms with Crippen LogP contribution in [0.25, 0.3) is 0 Å². The molecule has 0 aliphatic rings. The summed E-state index contributed by atoms with van der Waals surface area (Å²) in [5.74, 6) is -0.160. The molecular weight excluding hydrogens is 335 g/mol. The Balaban J connectivity index is 1.98. The van der Waals surface area contributed by atoms with E-state index in [1.807, 2.05) is 26.0 Å². The van der Waals surface area contributed by atoms with Crippen molar-refractivity contribution in [2.75, 3.05) is 5.32 Å². The average Bonchev–Trinajstić information content (AvgIpc) is 2.52. The topological polar surface area (TPSA) is 47.6 Å². The third kappa shape index (κ3) is 5.41. The predicted molar refractivity (Wildman–Crippen MR) is 87.8 cm³/mol. The molecule has 1 unspecified atom stereocenters. The molecule has 0 aromatic heterocycles. The molecule has 1 amide bonds. The smallest absolute Gasteiger partial charge is 0.481 e. The lowest BCUT2D eigenvalue weighted by atomic mass is 10.1. The summed E-state index contributed by atoms with van der Waals surface area (Å²) in [6.07, 6.45) is -5.52. The van der Waals surface area contributed by atoms with Crippen molar-refractivity contribution in [3.8, 4) is 11.5 Å². The van der Waals surface area contributed by atoms with E-state index in [-0.39, 0.29) is 5.75 Å². The van der Waals surface area contributed by atoms with Crippen molar-refractivity contribution in [3.63, 3.8) is 0 Å². The van der Waals surface area contributed by atoms with E-state index in [0.29, 0.717) is 11.4 Å². The van der Waals surface area contributed by atoms with Crippen LogP contribution >= 0.6 is 0 Å². The van der Waals surface area contributed by atoms with E-state index in [2.05, 4.69) is 10.1 Å². The molecule has 0 bridgehead atoms. The summed E-state index contributed by atoms with van der Waals surface area (Å²) in [5.41, 5.74) is 2.33. The summed E-state index contributed by atoms with van der Waals surface area (Å²) in [4.78, 5) is 12.2. The van der Waals surface area contributed by atoms with Crippen LogP contribution in [0.15, 0.2) is 42.5 Å². The Hall–Kier alpha value is -2.70. The Morgan fingerprint density at radius 2 is 1.72 bits per heavy atom. The molecule has 2 rings (SSSR count). The van der Waals surface area contributed by atoms with E-state index in [1.54, 1.807) is 13.0 Å². The fourth-order valence-electron chi connectivity index (χ4n) is 2.08. The Morgan fingerprint density at radius 1 is 1.08 bits per heavy atom. The molecule has 7 heteroatoms. The van der Waals surface area contributed by atoms with E-state index < -0.39 is 18.4 Å². The maximum atomic E-state index is 12.2. The number of hydrogen-bond donors (Lipinski definition) is 1. The molecule has 0 saturated carbocycles. The number of hydrogen-bond acceptors (Lipinski definition) is 3. The van der Waals surface area contributed by atoms with Crippen LogP contribution in [0.5, 0.6) is 11.5 Å². The molecule has 0 aliphatic heterocycles. The van der Waals surface area contributed by atoms with Gasteiger partial charge in [0.2, 0.25) is 0 Å². The molecule has 0 fully saturated rings. The average molecular weight is 353 g/mol. The van der Waals surface area contributed by atoms with E-state index in [9.17, 15) is 18.0 Å². The zero-order valence-corrected chi connectivity index (χ0v) is 14.0. The molecule has 134 valence electrons. The van der Waals surface area contributed by atoms with E-state index in [1.165, 1.54) is 12.1 Å². The Bertz CT molecular complexity index is 742. The van der Waals surface area contributed by atoms with Gasteiger partial charge in [-0.1, -0.05) is 12.1 Å². The fraction of sp³-hybridized carbons (Fsp3) is 0.278. The highest BCUT2D eigenvalue weighted by molar-refractivity contribution is 5.94. The van der Waals surface area contributed by atoms with Gasteiger partial charge < -0.3 is 14.8 Å². The first kappa shape index (κ1) is 18.6. The maximum absolute atomic E-state index is 12.2. The molecule has 25 heavy (non-hydrogen) atoms. The van der Waals surface area contributed by atoms with Gasteiger partial charge in [0.1, 0.15) is 11.5 Å². The number of ether oxygens (including phenoxy) is 2. The standard InChI is InChI=1S/C18H18F3NO3/c1-11-5-4-6-16(12(11)2)24-13(3)17(23)22-14-7-9-15(10-8-14)25-18(19,20)21/h4-10,13H,1-3H3,(H,22,23). The molecule has 4 nitrogen and oxygen atoms in total. The van der Waals surface area contributed by atoms with Crippen LogP contribution in [0.1, 0.15) is 18.1 Å². The Kier molecular flexibility index (Phi) is 5.56. The quantitative estimate of drug-likeness (QED) is 0.854. The van der Waals surface area contributed by atoms with Gasteiger partial charge >= 0.3 is 6.36 Å². The predicted octanol–water partition coefficient (Wildman–Crippen LogP) is 4.61. The van der Waals surface area contributed by atoms with Crippen molar-refractivity contribution in [1.29, 1.82) is 0 Å². The number of aryl methyl sites for hydroxylation is 1. The van der Waals surface area contributed by atoms with Crippen LogP contribution < -0.4 is 14.8 Å².